The number of carboxylic acids is 1. The Labute approximate surface area is 122 Å². The van der Waals surface area contributed by atoms with Gasteiger partial charge in [-0.25, -0.2) is 14.5 Å². The van der Waals surface area contributed by atoms with Gasteiger partial charge in [-0.1, -0.05) is 19.1 Å². The van der Waals surface area contributed by atoms with Gasteiger partial charge in [-0.2, -0.15) is 0 Å². The van der Waals surface area contributed by atoms with E-state index in [9.17, 15) is 15.0 Å². The van der Waals surface area contributed by atoms with Crippen molar-refractivity contribution in [2.75, 3.05) is 0 Å². The fraction of sp³-hybridized carbons (Fsp3) is 0.538. The van der Waals surface area contributed by atoms with E-state index in [4.69, 9.17) is 0 Å². The first-order valence-corrected chi connectivity index (χ1v) is 6.77. The van der Waals surface area contributed by atoms with Crippen LogP contribution in [0.3, 0.4) is 0 Å². The summed E-state index contributed by atoms with van der Waals surface area (Å²) in [5.74, 6) is -1.16. The average molecular weight is 293 g/mol. The SMILES string of the molecule is CCC(O)(CC)Cn1nnc(C(=O)O)c1-c1cncn1C. The van der Waals surface area contributed by atoms with Crippen molar-refractivity contribution in [3.8, 4) is 11.4 Å². The highest BCUT2D eigenvalue weighted by atomic mass is 16.4. The summed E-state index contributed by atoms with van der Waals surface area (Å²) in [5.41, 5.74) is -0.153. The van der Waals surface area contributed by atoms with Crippen LogP contribution < -0.4 is 0 Å². The molecule has 2 rings (SSSR count). The Hall–Kier alpha value is -2.22. The molecule has 0 bridgehead atoms. The van der Waals surface area contributed by atoms with Crippen LogP contribution in [0.2, 0.25) is 0 Å². The molecule has 0 unspecified atom stereocenters. The number of hydrogen-bond acceptors (Lipinski definition) is 5. The van der Waals surface area contributed by atoms with Crippen molar-refractivity contribution >= 4 is 5.97 Å². The Kier molecular flexibility index (Phi) is 4.08. The molecule has 0 amide bonds. The Morgan fingerprint density at radius 2 is 2.05 bits per heavy atom. The van der Waals surface area contributed by atoms with E-state index in [0.29, 0.717) is 24.2 Å². The Morgan fingerprint density at radius 3 is 2.52 bits per heavy atom. The molecule has 0 aliphatic heterocycles. The van der Waals surface area contributed by atoms with Gasteiger partial charge in [-0.3, -0.25) is 0 Å². The summed E-state index contributed by atoms with van der Waals surface area (Å²) in [4.78, 5) is 15.3. The van der Waals surface area contributed by atoms with E-state index in [0.717, 1.165) is 0 Å². The number of aromatic nitrogens is 5. The molecule has 0 saturated heterocycles. The molecule has 0 aromatic carbocycles. The minimum absolute atomic E-state index is 0.145. The third kappa shape index (κ3) is 2.80. The summed E-state index contributed by atoms with van der Waals surface area (Å²) in [5, 5.41) is 27.4. The van der Waals surface area contributed by atoms with Crippen LogP contribution in [0.4, 0.5) is 0 Å². The van der Waals surface area contributed by atoms with Gasteiger partial charge < -0.3 is 14.8 Å². The van der Waals surface area contributed by atoms with Crippen molar-refractivity contribution < 1.29 is 15.0 Å². The van der Waals surface area contributed by atoms with E-state index >= 15 is 0 Å². The first-order valence-electron chi connectivity index (χ1n) is 6.77. The zero-order valence-electron chi connectivity index (χ0n) is 12.3. The van der Waals surface area contributed by atoms with Crippen LogP contribution in [0.25, 0.3) is 11.4 Å². The average Bonchev–Trinajstić information content (AvgIpc) is 3.04. The number of aliphatic hydroxyl groups is 1. The number of aromatic carboxylic acids is 1. The largest absolute Gasteiger partial charge is 0.476 e. The van der Waals surface area contributed by atoms with E-state index in [1.807, 2.05) is 13.8 Å². The van der Waals surface area contributed by atoms with Crippen molar-refractivity contribution in [3.05, 3.63) is 18.2 Å². The molecule has 0 radical (unpaired) electrons. The Balaban J connectivity index is 2.53. The van der Waals surface area contributed by atoms with Gasteiger partial charge in [0.25, 0.3) is 0 Å². The summed E-state index contributed by atoms with van der Waals surface area (Å²) in [7, 11) is 1.76. The second kappa shape index (κ2) is 5.65. The lowest BCUT2D eigenvalue weighted by molar-refractivity contribution is 0.0118. The normalized spacial score (nSPS) is 11.8. The molecule has 0 saturated carbocycles. The van der Waals surface area contributed by atoms with Gasteiger partial charge in [0.1, 0.15) is 5.69 Å². The summed E-state index contributed by atoms with van der Waals surface area (Å²) < 4.78 is 3.13. The molecule has 0 fully saturated rings. The molecule has 21 heavy (non-hydrogen) atoms. The number of nitrogens with zero attached hydrogens (tertiary/aromatic N) is 5. The first kappa shape index (κ1) is 15.2. The van der Waals surface area contributed by atoms with Crippen molar-refractivity contribution in [2.45, 2.75) is 38.8 Å². The molecule has 0 aliphatic rings. The molecular weight excluding hydrogens is 274 g/mol. The summed E-state index contributed by atoms with van der Waals surface area (Å²) in [6.07, 6.45) is 4.20. The maximum atomic E-state index is 11.3. The molecule has 8 heteroatoms. The van der Waals surface area contributed by atoms with Crippen LogP contribution in [0.1, 0.15) is 37.2 Å². The van der Waals surface area contributed by atoms with Gasteiger partial charge in [0.05, 0.1) is 30.4 Å². The smallest absolute Gasteiger partial charge is 0.358 e. The lowest BCUT2D eigenvalue weighted by atomic mass is 9.97. The van der Waals surface area contributed by atoms with E-state index in [2.05, 4.69) is 15.3 Å². The molecule has 2 heterocycles. The molecule has 0 spiro atoms. The van der Waals surface area contributed by atoms with Crippen LogP contribution in [-0.2, 0) is 13.6 Å². The summed E-state index contributed by atoms with van der Waals surface area (Å²) in [6.45, 7) is 3.94. The van der Waals surface area contributed by atoms with Gasteiger partial charge in [-0.15, -0.1) is 5.10 Å². The van der Waals surface area contributed by atoms with Crippen molar-refractivity contribution in [2.24, 2.45) is 7.05 Å². The van der Waals surface area contributed by atoms with Gasteiger partial charge in [0, 0.05) is 7.05 Å². The fourth-order valence-electron chi connectivity index (χ4n) is 2.16. The molecule has 2 N–H and O–H groups in total. The van der Waals surface area contributed by atoms with E-state index in [-0.39, 0.29) is 12.2 Å². The van der Waals surface area contributed by atoms with Gasteiger partial charge >= 0.3 is 5.97 Å². The van der Waals surface area contributed by atoms with Crippen molar-refractivity contribution in [1.82, 2.24) is 24.5 Å². The predicted molar refractivity (Wildman–Crippen MR) is 74.7 cm³/mol. The first-order chi connectivity index (χ1) is 9.91. The van der Waals surface area contributed by atoms with Gasteiger partial charge in [0.2, 0.25) is 0 Å². The Bertz CT molecular complexity index is 642. The monoisotopic (exact) mass is 293 g/mol. The molecule has 2 aromatic heterocycles. The van der Waals surface area contributed by atoms with Crippen LogP contribution in [0.5, 0.6) is 0 Å². The minimum Gasteiger partial charge on any atom is -0.476 e. The second-order valence-electron chi connectivity index (χ2n) is 5.07. The third-order valence-corrected chi connectivity index (χ3v) is 3.76. The van der Waals surface area contributed by atoms with Gasteiger partial charge in [-0.05, 0) is 12.8 Å². The summed E-state index contributed by atoms with van der Waals surface area (Å²) in [6, 6.07) is 0. The molecule has 2 aromatic rings. The molecule has 114 valence electrons. The number of hydrogen-bond donors (Lipinski definition) is 2. The molecule has 0 aliphatic carbocycles. The van der Waals surface area contributed by atoms with Gasteiger partial charge in [0.15, 0.2) is 5.69 Å². The standard InChI is InChI=1S/C13H19N5O3/c1-4-13(21,5-2)7-18-11(9-6-14-8-17(9)3)10(12(19)20)15-16-18/h6,8,21H,4-5,7H2,1-3H3,(H,19,20). The lowest BCUT2D eigenvalue weighted by Gasteiger charge is -2.25. The maximum absolute atomic E-state index is 11.3. The topological polar surface area (TPSA) is 106 Å². The summed E-state index contributed by atoms with van der Waals surface area (Å²) >= 11 is 0. The van der Waals surface area contributed by atoms with E-state index in [1.165, 1.54) is 4.68 Å². The maximum Gasteiger partial charge on any atom is 0.358 e. The highest BCUT2D eigenvalue weighted by molar-refractivity contribution is 5.92. The number of aryl methyl sites for hydroxylation is 1. The van der Waals surface area contributed by atoms with Crippen LogP contribution >= 0.6 is 0 Å². The fourth-order valence-corrected chi connectivity index (χ4v) is 2.16. The van der Waals surface area contributed by atoms with Crippen LogP contribution in [0.15, 0.2) is 12.5 Å². The number of carboxylic acid groups (broad SMARTS) is 1. The minimum atomic E-state index is -1.16. The van der Waals surface area contributed by atoms with E-state index < -0.39 is 11.6 Å². The van der Waals surface area contributed by atoms with Crippen LogP contribution in [0, 0.1) is 0 Å². The third-order valence-electron chi connectivity index (χ3n) is 3.76. The predicted octanol–water partition coefficient (Wildman–Crippen LogP) is 0.928. The Morgan fingerprint density at radius 1 is 1.38 bits per heavy atom. The quantitative estimate of drug-likeness (QED) is 0.820. The lowest BCUT2D eigenvalue weighted by Crippen LogP contribution is -2.33. The highest BCUT2D eigenvalue weighted by Crippen LogP contribution is 2.25. The van der Waals surface area contributed by atoms with Crippen LogP contribution in [-0.4, -0.2) is 46.3 Å². The van der Waals surface area contributed by atoms with Crippen molar-refractivity contribution in [3.63, 3.8) is 0 Å². The molecule has 8 nitrogen and oxygen atoms in total. The van der Waals surface area contributed by atoms with E-state index in [1.54, 1.807) is 24.1 Å². The number of carbonyl (C=O) groups is 1. The van der Waals surface area contributed by atoms with Crippen molar-refractivity contribution in [1.29, 1.82) is 0 Å². The number of imidazole rings is 1. The number of rotatable bonds is 6. The second-order valence-corrected chi connectivity index (χ2v) is 5.07. The highest BCUT2D eigenvalue weighted by Gasteiger charge is 2.29. The molecule has 0 atom stereocenters. The molecular formula is C13H19N5O3. The zero-order valence-corrected chi connectivity index (χ0v) is 12.3. The zero-order chi connectivity index (χ0) is 15.6.